The van der Waals surface area contributed by atoms with E-state index in [1.807, 2.05) is 0 Å². The number of aryl methyl sites for hydroxylation is 2. The number of methoxy groups -OCH3 is 2. The Morgan fingerprint density at radius 2 is 1.83 bits per heavy atom. The van der Waals surface area contributed by atoms with Crippen LogP contribution in [0.5, 0.6) is 17.2 Å². The summed E-state index contributed by atoms with van der Waals surface area (Å²) in [5.74, 6) is 0.924. The maximum absolute atomic E-state index is 12.9. The molecule has 0 aliphatic rings. The number of nitrogens with zero attached hydrogens (tertiary/aromatic N) is 4. The first kappa shape index (κ1) is 19.8. The van der Waals surface area contributed by atoms with Crippen molar-refractivity contribution in [2.45, 2.75) is 13.8 Å². The third-order valence-corrected chi connectivity index (χ3v) is 4.35. The van der Waals surface area contributed by atoms with Crippen molar-refractivity contribution in [3.63, 3.8) is 0 Å². The fourth-order valence-corrected chi connectivity index (χ4v) is 2.86. The highest BCUT2D eigenvalue weighted by Crippen LogP contribution is 2.30. The second-order valence-corrected chi connectivity index (χ2v) is 6.20. The Morgan fingerprint density at radius 3 is 2.45 bits per heavy atom. The van der Waals surface area contributed by atoms with Crippen LogP contribution in [0.15, 0.2) is 34.2 Å². The van der Waals surface area contributed by atoms with Crippen LogP contribution in [0.4, 0.5) is 5.69 Å². The van der Waals surface area contributed by atoms with E-state index in [0.717, 1.165) is 4.68 Å². The first-order valence-corrected chi connectivity index (χ1v) is 8.44. The van der Waals surface area contributed by atoms with Gasteiger partial charge in [0.15, 0.2) is 11.5 Å². The Kier molecular flexibility index (Phi) is 5.18. The molecule has 29 heavy (non-hydrogen) atoms. The molecule has 10 heteroatoms. The summed E-state index contributed by atoms with van der Waals surface area (Å²) in [6.45, 7) is 3.13. The van der Waals surface area contributed by atoms with Crippen molar-refractivity contribution in [3.8, 4) is 17.2 Å². The number of fused-ring (bicyclic) bond motifs is 1. The van der Waals surface area contributed by atoms with Crippen LogP contribution in [0.1, 0.15) is 17.0 Å². The molecular weight excluding hydrogens is 380 g/mol. The highest BCUT2D eigenvalue weighted by atomic mass is 16.6. The molecule has 0 aliphatic carbocycles. The number of phenols is 1. The van der Waals surface area contributed by atoms with Crippen molar-refractivity contribution in [3.05, 3.63) is 61.7 Å². The van der Waals surface area contributed by atoms with Gasteiger partial charge in [-0.2, -0.15) is 9.78 Å². The van der Waals surface area contributed by atoms with Gasteiger partial charge in [-0.3, -0.25) is 14.9 Å². The van der Waals surface area contributed by atoms with Gasteiger partial charge in [0.25, 0.3) is 11.2 Å². The van der Waals surface area contributed by atoms with Gasteiger partial charge in [0.2, 0.25) is 0 Å². The number of non-ortho nitro benzene ring substituents is 1. The number of nitro benzene ring substituents is 1. The van der Waals surface area contributed by atoms with Gasteiger partial charge in [0.1, 0.15) is 11.6 Å². The van der Waals surface area contributed by atoms with Crippen LogP contribution in [0.3, 0.4) is 0 Å². The van der Waals surface area contributed by atoms with E-state index in [0.29, 0.717) is 22.6 Å². The number of phenolic OH excluding ortho intramolecular Hbond substituents is 1. The Hall–Kier alpha value is -3.95. The van der Waals surface area contributed by atoms with E-state index < -0.39 is 10.5 Å². The van der Waals surface area contributed by atoms with E-state index in [1.54, 1.807) is 13.0 Å². The average molecular weight is 398 g/mol. The molecule has 0 unspecified atom stereocenters. The van der Waals surface area contributed by atoms with Crippen molar-refractivity contribution in [1.29, 1.82) is 0 Å². The van der Waals surface area contributed by atoms with Gasteiger partial charge in [-0.25, -0.2) is 4.98 Å². The number of nitro groups is 1. The highest BCUT2D eigenvalue weighted by molar-refractivity contribution is 5.86. The molecular formula is C19H18N4O6. The Bertz CT molecular complexity index is 1220. The van der Waals surface area contributed by atoms with Crippen molar-refractivity contribution in [1.82, 2.24) is 9.66 Å². The predicted octanol–water partition coefficient (Wildman–Crippen LogP) is 2.53. The molecule has 0 saturated heterocycles. The van der Waals surface area contributed by atoms with Crippen LogP contribution in [-0.4, -0.2) is 40.1 Å². The number of aromatic nitrogens is 2. The number of ether oxygens (including phenoxy) is 2. The summed E-state index contributed by atoms with van der Waals surface area (Å²) in [5.41, 5.74) is 0.171. The maximum atomic E-state index is 12.9. The first-order valence-electron chi connectivity index (χ1n) is 8.44. The van der Waals surface area contributed by atoms with E-state index in [9.17, 15) is 20.0 Å². The topological polar surface area (TPSA) is 129 Å². The molecule has 0 saturated carbocycles. The number of benzene rings is 2. The van der Waals surface area contributed by atoms with Crippen LogP contribution in [0.25, 0.3) is 10.9 Å². The molecule has 3 aromatic rings. The number of rotatable bonds is 5. The molecule has 3 rings (SSSR count). The number of hydrogen-bond donors (Lipinski definition) is 1. The minimum Gasteiger partial charge on any atom is -0.507 e. The van der Waals surface area contributed by atoms with Gasteiger partial charge in [0.05, 0.1) is 36.3 Å². The molecule has 0 radical (unpaired) electrons. The molecule has 0 amide bonds. The SMILES string of the molecule is COc1cc2nc(C)n(/N=C/c3cc([N+](=O)[O-])cc(C)c3O)c(=O)c2cc1OC. The first-order chi connectivity index (χ1) is 13.8. The molecule has 1 N–H and O–H groups in total. The summed E-state index contributed by atoms with van der Waals surface area (Å²) < 4.78 is 11.5. The molecule has 0 spiro atoms. The van der Waals surface area contributed by atoms with Gasteiger partial charge in [-0.05, 0) is 25.5 Å². The summed E-state index contributed by atoms with van der Waals surface area (Å²) in [5, 5.41) is 25.6. The second kappa shape index (κ2) is 7.58. The van der Waals surface area contributed by atoms with Gasteiger partial charge in [0, 0.05) is 23.8 Å². The molecule has 150 valence electrons. The standard InChI is InChI=1S/C19H18N4O6/c1-10-5-13(23(26)27)6-12(18(10)24)9-20-22-11(2)21-15-8-17(29-4)16(28-3)7-14(15)19(22)25/h5-9,24H,1-4H3/b20-9+. The normalized spacial score (nSPS) is 11.2. The average Bonchev–Trinajstić information content (AvgIpc) is 2.69. The fourth-order valence-electron chi connectivity index (χ4n) is 2.86. The van der Waals surface area contributed by atoms with E-state index in [4.69, 9.17) is 9.47 Å². The van der Waals surface area contributed by atoms with Crippen LogP contribution < -0.4 is 15.0 Å². The van der Waals surface area contributed by atoms with E-state index in [1.165, 1.54) is 45.6 Å². The van der Waals surface area contributed by atoms with E-state index >= 15 is 0 Å². The van der Waals surface area contributed by atoms with Gasteiger partial charge < -0.3 is 14.6 Å². The van der Waals surface area contributed by atoms with Gasteiger partial charge in [-0.1, -0.05) is 0 Å². The Morgan fingerprint density at radius 1 is 1.17 bits per heavy atom. The lowest BCUT2D eigenvalue weighted by Gasteiger charge is -2.10. The summed E-state index contributed by atoms with van der Waals surface area (Å²) >= 11 is 0. The highest BCUT2D eigenvalue weighted by Gasteiger charge is 2.15. The van der Waals surface area contributed by atoms with Crippen molar-refractivity contribution < 1.29 is 19.5 Å². The number of aromatic hydroxyl groups is 1. The lowest BCUT2D eigenvalue weighted by atomic mass is 10.1. The molecule has 0 aliphatic heterocycles. The van der Waals surface area contributed by atoms with E-state index in [-0.39, 0.29) is 28.2 Å². The van der Waals surface area contributed by atoms with Crippen molar-refractivity contribution >= 4 is 22.8 Å². The summed E-state index contributed by atoms with van der Waals surface area (Å²) in [7, 11) is 2.94. The Balaban J connectivity index is 2.16. The third kappa shape index (κ3) is 3.59. The lowest BCUT2D eigenvalue weighted by molar-refractivity contribution is -0.384. The molecule has 0 fully saturated rings. The molecule has 1 heterocycles. The molecule has 0 bridgehead atoms. The van der Waals surface area contributed by atoms with Crippen LogP contribution in [0.2, 0.25) is 0 Å². The summed E-state index contributed by atoms with van der Waals surface area (Å²) in [6.07, 6.45) is 1.18. The zero-order valence-electron chi connectivity index (χ0n) is 16.2. The lowest BCUT2D eigenvalue weighted by Crippen LogP contribution is -2.20. The summed E-state index contributed by atoms with van der Waals surface area (Å²) in [6, 6.07) is 5.52. The largest absolute Gasteiger partial charge is 0.507 e. The minimum absolute atomic E-state index is 0.107. The molecule has 2 aromatic carbocycles. The smallest absolute Gasteiger partial charge is 0.282 e. The van der Waals surface area contributed by atoms with Crippen LogP contribution in [-0.2, 0) is 0 Å². The van der Waals surface area contributed by atoms with Crippen molar-refractivity contribution in [2.24, 2.45) is 5.10 Å². The number of hydrogen-bond acceptors (Lipinski definition) is 8. The summed E-state index contributed by atoms with van der Waals surface area (Å²) in [4.78, 5) is 27.7. The Labute approximate surface area is 164 Å². The maximum Gasteiger partial charge on any atom is 0.282 e. The molecule has 10 nitrogen and oxygen atoms in total. The van der Waals surface area contributed by atoms with Gasteiger partial charge >= 0.3 is 0 Å². The van der Waals surface area contributed by atoms with E-state index in [2.05, 4.69) is 10.1 Å². The zero-order valence-corrected chi connectivity index (χ0v) is 16.2. The quantitative estimate of drug-likeness (QED) is 0.397. The zero-order chi connectivity index (χ0) is 21.3. The fraction of sp³-hybridized carbons (Fsp3) is 0.211. The van der Waals surface area contributed by atoms with Crippen LogP contribution >= 0.6 is 0 Å². The monoisotopic (exact) mass is 398 g/mol. The van der Waals surface area contributed by atoms with Crippen molar-refractivity contribution in [2.75, 3.05) is 14.2 Å². The second-order valence-electron chi connectivity index (χ2n) is 6.20. The van der Waals surface area contributed by atoms with Crippen LogP contribution in [0, 0.1) is 24.0 Å². The minimum atomic E-state index is -0.571. The predicted molar refractivity (Wildman–Crippen MR) is 106 cm³/mol. The molecule has 1 aromatic heterocycles. The van der Waals surface area contributed by atoms with Gasteiger partial charge in [-0.15, -0.1) is 0 Å². The third-order valence-electron chi connectivity index (χ3n) is 4.35. The molecule has 0 atom stereocenters.